The fourth-order valence-electron chi connectivity index (χ4n) is 3.21. The van der Waals surface area contributed by atoms with Crippen LogP contribution in [0.1, 0.15) is 24.5 Å². The molecule has 7 nitrogen and oxygen atoms in total. The second-order valence-corrected chi connectivity index (χ2v) is 7.04. The summed E-state index contributed by atoms with van der Waals surface area (Å²) in [5.74, 6) is 1.21. The minimum atomic E-state index is -0.248. The van der Waals surface area contributed by atoms with Crippen LogP contribution in [0.15, 0.2) is 59.4 Å². The van der Waals surface area contributed by atoms with E-state index in [-0.39, 0.29) is 31.2 Å². The van der Waals surface area contributed by atoms with Gasteiger partial charge in [-0.05, 0) is 41.8 Å². The summed E-state index contributed by atoms with van der Waals surface area (Å²) in [5, 5.41) is 7.29. The number of fused-ring (bicyclic) bond motifs is 1. The summed E-state index contributed by atoms with van der Waals surface area (Å²) in [6.07, 6.45) is 1.16. The van der Waals surface area contributed by atoms with Crippen LogP contribution < -0.4 is 20.3 Å². The standard InChI is InChI=1S/C23H23N3O4/c1-2-16-3-5-17(6-4-16)14-24-22(27)11-12-26-23(28)10-8-19(25-26)18-7-9-20-21(13-18)30-15-29-20/h3-10,13H,2,11-12,14-15H2,1H3,(H,24,27). The number of amides is 1. The summed E-state index contributed by atoms with van der Waals surface area (Å²) in [7, 11) is 0. The molecule has 0 unspecified atom stereocenters. The zero-order valence-electron chi connectivity index (χ0n) is 16.8. The molecule has 0 radical (unpaired) electrons. The van der Waals surface area contributed by atoms with E-state index in [0.717, 1.165) is 17.5 Å². The Balaban J connectivity index is 1.37. The fraction of sp³-hybridized carbons (Fsp3) is 0.261. The van der Waals surface area contributed by atoms with Gasteiger partial charge in [0.25, 0.3) is 5.56 Å². The molecule has 3 aromatic rings. The van der Waals surface area contributed by atoms with Crippen LogP contribution in [0.5, 0.6) is 11.5 Å². The van der Waals surface area contributed by atoms with Crippen LogP contribution in [-0.4, -0.2) is 22.5 Å². The molecule has 0 saturated heterocycles. The summed E-state index contributed by atoms with van der Waals surface area (Å²) < 4.78 is 12.0. The molecule has 0 saturated carbocycles. The van der Waals surface area contributed by atoms with E-state index >= 15 is 0 Å². The van der Waals surface area contributed by atoms with Crippen molar-refractivity contribution in [3.05, 3.63) is 76.1 Å². The third-order valence-corrected chi connectivity index (χ3v) is 5.01. The molecule has 1 N–H and O–H groups in total. The van der Waals surface area contributed by atoms with Gasteiger partial charge in [0.15, 0.2) is 11.5 Å². The number of rotatable bonds is 7. The van der Waals surface area contributed by atoms with Gasteiger partial charge in [0.1, 0.15) is 0 Å². The summed E-state index contributed by atoms with van der Waals surface area (Å²) in [5.41, 5.74) is 3.50. The molecule has 4 rings (SSSR count). The number of benzene rings is 2. The molecule has 1 amide bonds. The van der Waals surface area contributed by atoms with Crippen molar-refractivity contribution < 1.29 is 14.3 Å². The third kappa shape index (κ3) is 4.51. The maximum Gasteiger partial charge on any atom is 0.266 e. The minimum absolute atomic E-state index is 0.128. The van der Waals surface area contributed by atoms with Crippen LogP contribution in [0.4, 0.5) is 0 Å². The summed E-state index contributed by atoms with van der Waals surface area (Å²) in [6, 6.07) is 16.8. The Bertz CT molecular complexity index is 1110. The quantitative estimate of drug-likeness (QED) is 0.654. The van der Waals surface area contributed by atoms with Gasteiger partial charge in [0, 0.05) is 24.6 Å². The first-order valence-corrected chi connectivity index (χ1v) is 9.95. The van der Waals surface area contributed by atoms with Crippen LogP contribution in [0, 0.1) is 0 Å². The van der Waals surface area contributed by atoms with Crippen molar-refractivity contribution in [2.24, 2.45) is 0 Å². The SMILES string of the molecule is CCc1ccc(CNC(=O)CCn2nc(-c3ccc4c(c3)OCO4)ccc2=O)cc1. The van der Waals surface area contributed by atoms with Gasteiger partial charge in [0.05, 0.1) is 12.2 Å². The Labute approximate surface area is 174 Å². The van der Waals surface area contributed by atoms with Gasteiger partial charge in [-0.2, -0.15) is 5.10 Å². The number of nitrogens with zero attached hydrogens (tertiary/aromatic N) is 2. The molecule has 0 spiro atoms. The molecule has 1 aromatic heterocycles. The Morgan fingerprint density at radius 3 is 2.60 bits per heavy atom. The second-order valence-electron chi connectivity index (χ2n) is 7.04. The smallest absolute Gasteiger partial charge is 0.266 e. The van der Waals surface area contributed by atoms with E-state index in [4.69, 9.17) is 9.47 Å². The predicted octanol–water partition coefficient (Wildman–Crippen LogP) is 2.91. The van der Waals surface area contributed by atoms with Crippen LogP contribution in [0.25, 0.3) is 11.3 Å². The van der Waals surface area contributed by atoms with E-state index in [1.54, 1.807) is 6.07 Å². The predicted molar refractivity (Wildman–Crippen MR) is 112 cm³/mol. The average molecular weight is 405 g/mol. The molecule has 154 valence electrons. The Morgan fingerprint density at radius 2 is 1.80 bits per heavy atom. The van der Waals surface area contributed by atoms with Crippen molar-refractivity contribution in [3.8, 4) is 22.8 Å². The zero-order chi connectivity index (χ0) is 20.9. The number of nitrogens with one attached hydrogen (secondary N) is 1. The molecular formula is C23H23N3O4. The molecule has 1 aliphatic heterocycles. The Kier molecular flexibility index (Phi) is 5.79. The van der Waals surface area contributed by atoms with Gasteiger partial charge in [-0.25, -0.2) is 4.68 Å². The van der Waals surface area contributed by atoms with Crippen LogP contribution in [-0.2, 0) is 24.3 Å². The number of aromatic nitrogens is 2. The highest BCUT2D eigenvalue weighted by atomic mass is 16.7. The topological polar surface area (TPSA) is 82.5 Å². The first-order chi connectivity index (χ1) is 14.6. The number of carbonyl (C=O) groups excluding carboxylic acids is 1. The van der Waals surface area contributed by atoms with Crippen molar-refractivity contribution in [3.63, 3.8) is 0 Å². The van der Waals surface area contributed by atoms with Crippen LogP contribution >= 0.6 is 0 Å². The molecule has 0 fully saturated rings. The molecule has 0 bridgehead atoms. The maximum absolute atomic E-state index is 12.2. The number of carbonyl (C=O) groups is 1. The highest BCUT2D eigenvalue weighted by Gasteiger charge is 2.15. The van der Waals surface area contributed by atoms with Gasteiger partial charge >= 0.3 is 0 Å². The minimum Gasteiger partial charge on any atom is -0.454 e. The lowest BCUT2D eigenvalue weighted by Gasteiger charge is -2.09. The van der Waals surface area contributed by atoms with Crippen molar-refractivity contribution >= 4 is 5.91 Å². The van der Waals surface area contributed by atoms with Gasteiger partial charge < -0.3 is 14.8 Å². The molecule has 2 heterocycles. The van der Waals surface area contributed by atoms with E-state index in [2.05, 4.69) is 29.5 Å². The van der Waals surface area contributed by atoms with Crippen LogP contribution in [0.3, 0.4) is 0 Å². The van der Waals surface area contributed by atoms with E-state index in [0.29, 0.717) is 23.7 Å². The molecule has 30 heavy (non-hydrogen) atoms. The number of ether oxygens (including phenoxy) is 2. The Morgan fingerprint density at radius 1 is 1.03 bits per heavy atom. The summed E-state index contributed by atoms with van der Waals surface area (Å²) in [6.45, 7) is 2.97. The van der Waals surface area contributed by atoms with Crippen molar-refractivity contribution in [2.45, 2.75) is 32.9 Å². The van der Waals surface area contributed by atoms with Gasteiger partial charge in [0.2, 0.25) is 12.7 Å². The molecule has 7 heteroatoms. The third-order valence-electron chi connectivity index (χ3n) is 5.01. The average Bonchev–Trinajstić information content (AvgIpc) is 3.25. The molecular weight excluding hydrogens is 382 g/mol. The largest absolute Gasteiger partial charge is 0.454 e. The highest BCUT2D eigenvalue weighted by molar-refractivity contribution is 5.75. The first kappa shape index (κ1) is 19.7. The normalized spacial score (nSPS) is 12.0. The van der Waals surface area contributed by atoms with Gasteiger partial charge in [-0.15, -0.1) is 0 Å². The van der Waals surface area contributed by atoms with Crippen molar-refractivity contribution in [1.82, 2.24) is 15.1 Å². The molecule has 1 aliphatic rings. The van der Waals surface area contributed by atoms with E-state index in [9.17, 15) is 9.59 Å². The van der Waals surface area contributed by atoms with E-state index in [1.807, 2.05) is 30.3 Å². The lowest BCUT2D eigenvalue weighted by atomic mass is 10.1. The monoisotopic (exact) mass is 405 g/mol. The number of hydrogen-bond acceptors (Lipinski definition) is 5. The maximum atomic E-state index is 12.2. The Hall–Kier alpha value is -3.61. The number of hydrogen-bond donors (Lipinski definition) is 1. The molecule has 2 aromatic carbocycles. The van der Waals surface area contributed by atoms with E-state index in [1.165, 1.54) is 16.3 Å². The molecule has 0 aliphatic carbocycles. The summed E-state index contributed by atoms with van der Waals surface area (Å²) >= 11 is 0. The van der Waals surface area contributed by atoms with Crippen molar-refractivity contribution in [1.29, 1.82) is 0 Å². The lowest BCUT2D eigenvalue weighted by molar-refractivity contribution is -0.121. The zero-order valence-corrected chi connectivity index (χ0v) is 16.8. The van der Waals surface area contributed by atoms with Gasteiger partial charge in [-0.3, -0.25) is 9.59 Å². The highest BCUT2D eigenvalue weighted by Crippen LogP contribution is 2.35. The number of aryl methyl sites for hydroxylation is 2. The first-order valence-electron chi connectivity index (χ1n) is 9.95. The van der Waals surface area contributed by atoms with Crippen LogP contribution in [0.2, 0.25) is 0 Å². The fourth-order valence-corrected chi connectivity index (χ4v) is 3.21. The second kappa shape index (κ2) is 8.82. The van der Waals surface area contributed by atoms with Gasteiger partial charge in [-0.1, -0.05) is 31.2 Å². The molecule has 0 atom stereocenters. The van der Waals surface area contributed by atoms with E-state index < -0.39 is 0 Å². The lowest BCUT2D eigenvalue weighted by Crippen LogP contribution is -2.28. The van der Waals surface area contributed by atoms with Crippen molar-refractivity contribution in [2.75, 3.05) is 6.79 Å². The summed E-state index contributed by atoms with van der Waals surface area (Å²) in [4.78, 5) is 24.4.